The van der Waals surface area contributed by atoms with Crippen LogP contribution in [-0.2, 0) is 24.4 Å². The number of carbonyl (C=O) groups is 1. The van der Waals surface area contributed by atoms with Crippen molar-refractivity contribution < 1.29 is 4.79 Å². The first kappa shape index (κ1) is 16.3. The van der Waals surface area contributed by atoms with Gasteiger partial charge in [-0.05, 0) is 43.9 Å². The minimum absolute atomic E-state index is 0.218. The third-order valence-corrected chi connectivity index (χ3v) is 5.29. The zero-order chi connectivity index (χ0) is 17.2. The van der Waals surface area contributed by atoms with Gasteiger partial charge >= 0.3 is 0 Å². The van der Waals surface area contributed by atoms with Crippen LogP contribution >= 0.6 is 0 Å². The third kappa shape index (κ3) is 3.74. The van der Waals surface area contributed by atoms with Gasteiger partial charge in [0.05, 0.1) is 11.4 Å². The van der Waals surface area contributed by atoms with Crippen molar-refractivity contribution in [2.75, 3.05) is 6.54 Å². The molecule has 1 fully saturated rings. The molecule has 2 aromatic rings. The highest BCUT2D eigenvalue weighted by atomic mass is 16.2. The summed E-state index contributed by atoms with van der Waals surface area (Å²) in [7, 11) is 0. The number of hydrogen-bond donors (Lipinski definition) is 1. The predicted molar refractivity (Wildman–Crippen MR) is 94.6 cm³/mol. The molecule has 6 nitrogen and oxygen atoms in total. The van der Waals surface area contributed by atoms with Crippen molar-refractivity contribution in [2.24, 2.45) is 5.92 Å². The van der Waals surface area contributed by atoms with Gasteiger partial charge in [-0.15, -0.1) is 0 Å². The van der Waals surface area contributed by atoms with Crippen molar-refractivity contribution in [3.05, 3.63) is 47.5 Å². The fraction of sp³-hybridized carbons (Fsp3) is 0.526. The van der Waals surface area contributed by atoms with E-state index in [9.17, 15) is 4.79 Å². The molecule has 2 aromatic heterocycles. The van der Waals surface area contributed by atoms with Gasteiger partial charge in [-0.2, -0.15) is 5.10 Å². The van der Waals surface area contributed by atoms with E-state index < -0.39 is 0 Å². The SMILES string of the molecule is Cc1cccnc1CN1Cc2ccnn2CC[C@H]1CNC(=O)C1CC1. The number of nitrogens with one attached hydrogen (secondary N) is 1. The first-order valence-electron chi connectivity index (χ1n) is 9.13. The molecule has 1 aliphatic carbocycles. The topological polar surface area (TPSA) is 63.1 Å². The normalized spacial score (nSPS) is 20.8. The first-order valence-corrected chi connectivity index (χ1v) is 9.13. The number of hydrogen-bond acceptors (Lipinski definition) is 4. The Morgan fingerprint density at radius 2 is 2.16 bits per heavy atom. The molecule has 0 spiro atoms. The minimum Gasteiger partial charge on any atom is -0.354 e. The lowest BCUT2D eigenvalue weighted by Crippen LogP contribution is -2.43. The van der Waals surface area contributed by atoms with Crippen LogP contribution < -0.4 is 5.32 Å². The van der Waals surface area contributed by atoms with Gasteiger partial charge in [0.15, 0.2) is 0 Å². The molecule has 6 heteroatoms. The van der Waals surface area contributed by atoms with Gasteiger partial charge in [-0.1, -0.05) is 6.07 Å². The van der Waals surface area contributed by atoms with Crippen molar-refractivity contribution in [1.82, 2.24) is 25.0 Å². The molecular formula is C19H25N5O. The number of aryl methyl sites for hydroxylation is 2. The number of rotatable bonds is 5. The summed E-state index contributed by atoms with van der Waals surface area (Å²) in [6.45, 7) is 5.33. The van der Waals surface area contributed by atoms with Crippen LogP contribution in [0.3, 0.4) is 0 Å². The Morgan fingerprint density at radius 3 is 2.96 bits per heavy atom. The van der Waals surface area contributed by atoms with Gasteiger partial charge in [-0.25, -0.2) is 0 Å². The maximum Gasteiger partial charge on any atom is 0.223 e. The Balaban J connectivity index is 1.50. The fourth-order valence-electron chi connectivity index (χ4n) is 3.49. The Labute approximate surface area is 148 Å². The summed E-state index contributed by atoms with van der Waals surface area (Å²) in [5, 5.41) is 7.59. The average Bonchev–Trinajstić information content (AvgIpc) is 3.39. The maximum atomic E-state index is 12.1. The molecule has 2 aliphatic rings. The number of carbonyl (C=O) groups excluding carboxylic acids is 1. The van der Waals surface area contributed by atoms with E-state index >= 15 is 0 Å². The molecule has 25 heavy (non-hydrogen) atoms. The van der Waals surface area contributed by atoms with E-state index in [0.717, 1.165) is 44.6 Å². The van der Waals surface area contributed by atoms with E-state index in [1.165, 1.54) is 11.3 Å². The Bertz CT molecular complexity index is 752. The largest absolute Gasteiger partial charge is 0.354 e. The second kappa shape index (κ2) is 6.96. The standard InChI is InChI=1S/C19H25N5O/c1-14-3-2-8-20-18(14)13-23-12-17-6-9-22-24(17)10-7-16(23)11-21-19(25)15-4-5-15/h2-3,6,8-9,15-16H,4-5,7,10-13H2,1H3,(H,21,25)/t16-/m0/s1. The van der Waals surface area contributed by atoms with Crippen LogP contribution in [0.25, 0.3) is 0 Å². The van der Waals surface area contributed by atoms with Crippen LogP contribution in [0.15, 0.2) is 30.6 Å². The van der Waals surface area contributed by atoms with Gasteiger partial charge in [0.25, 0.3) is 0 Å². The summed E-state index contributed by atoms with van der Waals surface area (Å²) in [5.41, 5.74) is 3.54. The molecule has 0 bridgehead atoms. The van der Waals surface area contributed by atoms with Gasteiger partial charge < -0.3 is 5.32 Å². The van der Waals surface area contributed by atoms with Gasteiger partial charge in [0, 0.05) is 50.5 Å². The Hall–Kier alpha value is -2.21. The molecule has 3 heterocycles. The average molecular weight is 339 g/mol. The van der Waals surface area contributed by atoms with Crippen LogP contribution in [0.4, 0.5) is 0 Å². The second-order valence-electron chi connectivity index (χ2n) is 7.18. The summed E-state index contributed by atoms with van der Waals surface area (Å²) in [4.78, 5) is 19.1. The van der Waals surface area contributed by atoms with Crippen molar-refractivity contribution in [3.63, 3.8) is 0 Å². The molecular weight excluding hydrogens is 314 g/mol. The second-order valence-corrected chi connectivity index (χ2v) is 7.18. The van der Waals surface area contributed by atoms with Crippen molar-refractivity contribution in [1.29, 1.82) is 0 Å². The fourth-order valence-corrected chi connectivity index (χ4v) is 3.49. The zero-order valence-corrected chi connectivity index (χ0v) is 14.7. The molecule has 0 unspecified atom stereocenters. The summed E-state index contributed by atoms with van der Waals surface area (Å²) in [6.07, 6.45) is 6.79. The third-order valence-electron chi connectivity index (χ3n) is 5.29. The van der Waals surface area contributed by atoms with Crippen molar-refractivity contribution >= 4 is 5.91 Å². The Kier molecular flexibility index (Phi) is 4.53. The lowest BCUT2D eigenvalue weighted by Gasteiger charge is -2.30. The van der Waals surface area contributed by atoms with Gasteiger partial charge in [0.2, 0.25) is 5.91 Å². The van der Waals surface area contributed by atoms with Gasteiger partial charge in [-0.3, -0.25) is 19.4 Å². The Morgan fingerprint density at radius 1 is 1.28 bits per heavy atom. The number of pyridine rings is 1. The summed E-state index contributed by atoms with van der Waals surface area (Å²) >= 11 is 0. The smallest absolute Gasteiger partial charge is 0.223 e. The molecule has 1 amide bonds. The van der Waals surface area contributed by atoms with E-state index in [1.54, 1.807) is 0 Å². The lowest BCUT2D eigenvalue weighted by molar-refractivity contribution is -0.122. The summed E-state index contributed by atoms with van der Waals surface area (Å²) in [6, 6.07) is 6.47. The highest BCUT2D eigenvalue weighted by molar-refractivity contribution is 5.80. The van der Waals surface area contributed by atoms with E-state index in [1.807, 2.05) is 18.5 Å². The first-order chi connectivity index (χ1) is 12.2. The molecule has 1 aliphatic heterocycles. The highest BCUT2D eigenvalue weighted by Crippen LogP contribution is 2.29. The predicted octanol–water partition coefficient (Wildman–Crippen LogP) is 1.89. The maximum absolute atomic E-state index is 12.1. The molecule has 0 radical (unpaired) electrons. The lowest BCUT2D eigenvalue weighted by atomic mass is 10.1. The number of amides is 1. The molecule has 0 aromatic carbocycles. The molecule has 1 N–H and O–H groups in total. The minimum atomic E-state index is 0.218. The van der Waals surface area contributed by atoms with Crippen LogP contribution in [0.1, 0.15) is 36.2 Å². The number of fused-ring (bicyclic) bond motifs is 1. The summed E-state index contributed by atoms with van der Waals surface area (Å²) < 4.78 is 2.08. The van der Waals surface area contributed by atoms with Crippen LogP contribution in [-0.4, -0.2) is 38.2 Å². The quantitative estimate of drug-likeness (QED) is 0.903. The van der Waals surface area contributed by atoms with Crippen molar-refractivity contribution in [3.8, 4) is 0 Å². The van der Waals surface area contributed by atoms with Crippen LogP contribution in [0.2, 0.25) is 0 Å². The molecule has 1 saturated carbocycles. The number of nitrogens with zero attached hydrogens (tertiary/aromatic N) is 4. The van der Waals surface area contributed by atoms with Crippen molar-refractivity contribution in [2.45, 2.75) is 51.9 Å². The van der Waals surface area contributed by atoms with Crippen LogP contribution in [0.5, 0.6) is 0 Å². The van der Waals surface area contributed by atoms with Gasteiger partial charge in [0.1, 0.15) is 0 Å². The number of aromatic nitrogens is 3. The van der Waals surface area contributed by atoms with Crippen LogP contribution in [0, 0.1) is 12.8 Å². The highest BCUT2D eigenvalue weighted by Gasteiger charge is 2.31. The molecule has 132 valence electrons. The molecule has 0 saturated heterocycles. The zero-order valence-electron chi connectivity index (χ0n) is 14.7. The van der Waals surface area contributed by atoms with E-state index in [2.05, 4.69) is 44.0 Å². The molecule has 1 atom stereocenters. The summed E-state index contributed by atoms with van der Waals surface area (Å²) in [5.74, 6) is 0.476. The van der Waals surface area contributed by atoms with E-state index in [-0.39, 0.29) is 11.8 Å². The van der Waals surface area contributed by atoms with E-state index in [4.69, 9.17) is 0 Å². The molecule has 4 rings (SSSR count). The monoisotopic (exact) mass is 339 g/mol. The van der Waals surface area contributed by atoms with E-state index in [0.29, 0.717) is 12.6 Å².